The highest BCUT2D eigenvalue weighted by molar-refractivity contribution is 6.32. The molecule has 6 heteroatoms. The number of rotatable bonds is 3. The maximum Gasteiger partial charge on any atom is 0.341 e. The monoisotopic (exact) mass is 346 g/mol. The van der Waals surface area contributed by atoms with Crippen LogP contribution >= 0.6 is 11.6 Å². The van der Waals surface area contributed by atoms with Crippen molar-refractivity contribution >= 4 is 28.5 Å². The number of halogens is 2. The zero-order valence-electron chi connectivity index (χ0n) is 12.6. The van der Waals surface area contributed by atoms with Crippen LogP contribution in [0.15, 0.2) is 51.7 Å². The molecule has 122 valence electrons. The van der Waals surface area contributed by atoms with Gasteiger partial charge in [-0.05, 0) is 36.8 Å². The van der Waals surface area contributed by atoms with Gasteiger partial charge in [-0.25, -0.2) is 14.0 Å². The van der Waals surface area contributed by atoms with Crippen molar-refractivity contribution in [3.8, 4) is 0 Å². The molecular formula is C18H12ClFO4. The van der Waals surface area contributed by atoms with Gasteiger partial charge in [-0.3, -0.25) is 0 Å². The van der Waals surface area contributed by atoms with E-state index in [2.05, 4.69) is 0 Å². The maximum absolute atomic E-state index is 13.6. The summed E-state index contributed by atoms with van der Waals surface area (Å²) in [6.45, 7) is 1.58. The third-order valence-corrected chi connectivity index (χ3v) is 3.97. The van der Waals surface area contributed by atoms with Gasteiger partial charge in [-0.15, -0.1) is 0 Å². The van der Waals surface area contributed by atoms with E-state index in [0.29, 0.717) is 21.6 Å². The van der Waals surface area contributed by atoms with E-state index in [1.165, 1.54) is 30.3 Å². The molecule has 3 rings (SSSR count). The van der Waals surface area contributed by atoms with E-state index in [-0.39, 0.29) is 12.2 Å². The fourth-order valence-corrected chi connectivity index (χ4v) is 2.48. The van der Waals surface area contributed by atoms with Crippen molar-refractivity contribution in [3.05, 3.63) is 80.4 Å². The van der Waals surface area contributed by atoms with E-state index in [1.54, 1.807) is 19.1 Å². The number of ether oxygens (including phenoxy) is 1. The van der Waals surface area contributed by atoms with Crippen molar-refractivity contribution in [1.29, 1.82) is 0 Å². The molecule has 0 unspecified atom stereocenters. The molecule has 0 aliphatic carbocycles. The number of carbonyl (C=O) groups excluding carboxylic acids is 1. The Morgan fingerprint density at radius 2 is 2.00 bits per heavy atom. The molecule has 0 spiro atoms. The first-order chi connectivity index (χ1) is 11.5. The second-order valence-electron chi connectivity index (χ2n) is 5.24. The summed E-state index contributed by atoms with van der Waals surface area (Å²) in [6, 6.07) is 10.0. The van der Waals surface area contributed by atoms with Gasteiger partial charge in [0.15, 0.2) is 0 Å². The van der Waals surface area contributed by atoms with E-state index < -0.39 is 17.4 Å². The summed E-state index contributed by atoms with van der Waals surface area (Å²) in [5.41, 5.74) is 0.807. The first-order valence-corrected chi connectivity index (χ1v) is 7.48. The van der Waals surface area contributed by atoms with E-state index in [0.717, 1.165) is 5.56 Å². The van der Waals surface area contributed by atoms with Gasteiger partial charge in [0.1, 0.15) is 18.0 Å². The maximum atomic E-state index is 13.6. The Hall–Kier alpha value is -2.66. The van der Waals surface area contributed by atoms with Crippen LogP contribution in [0.2, 0.25) is 5.02 Å². The Morgan fingerprint density at radius 3 is 2.75 bits per heavy atom. The Morgan fingerprint density at radius 1 is 1.25 bits per heavy atom. The molecule has 4 nitrogen and oxygen atoms in total. The molecule has 0 saturated heterocycles. The first kappa shape index (κ1) is 16.2. The lowest BCUT2D eigenvalue weighted by Crippen LogP contribution is -2.09. The second kappa shape index (κ2) is 6.45. The largest absolute Gasteiger partial charge is 0.457 e. The first-order valence-electron chi connectivity index (χ1n) is 7.10. The van der Waals surface area contributed by atoms with Gasteiger partial charge in [0.25, 0.3) is 0 Å². The Balaban J connectivity index is 1.93. The van der Waals surface area contributed by atoms with Gasteiger partial charge in [-0.1, -0.05) is 23.7 Å². The predicted octanol–water partition coefficient (Wildman–Crippen LogP) is 4.25. The highest BCUT2D eigenvalue weighted by atomic mass is 35.5. The molecule has 0 amide bonds. The van der Waals surface area contributed by atoms with Crippen molar-refractivity contribution in [2.24, 2.45) is 0 Å². The van der Waals surface area contributed by atoms with Crippen molar-refractivity contribution in [2.75, 3.05) is 0 Å². The molecule has 0 bridgehead atoms. The number of esters is 1. The average Bonchev–Trinajstić information content (AvgIpc) is 2.54. The van der Waals surface area contributed by atoms with Crippen LogP contribution in [0.4, 0.5) is 4.39 Å². The summed E-state index contributed by atoms with van der Waals surface area (Å²) in [6.07, 6.45) is 0. The van der Waals surface area contributed by atoms with Crippen LogP contribution in [0, 0.1) is 12.7 Å². The van der Waals surface area contributed by atoms with Gasteiger partial charge in [0.05, 0.1) is 5.56 Å². The van der Waals surface area contributed by atoms with Gasteiger partial charge in [0, 0.05) is 22.0 Å². The molecule has 2 aromatic carbocycles. The predicted molar refractivity (Wildman–Crippen MR) is 87.8 cm³/mol. The van der Waals surface area contributed by atoms with E-state index in [9.17, 15) is 14.0 Å². The minimum Gasteiger partial charge on any atom is -0.457 e. The average molecular weight is 347 g/mol. The zero-order valence-corrected chi connectivity index (χ0v) is 13.4. The van der Waals surface area contributed by atoms with Gasteiger partial charge >= 0.3 is 11.6 Å². The van der Waals surface area contributed by atoms with E-state index in [4.69, 9.17) is 20.8 Å². The van der Waals surface area contributed by atoms with Gasteiger partial charge in [0.2, 0.25) is 0 Å². The topological polar surface area (TPSA) is 56.5 Å². The summed E-state index contributed by atoms with van der Waals surface area (Å²) >= 11 is 6.10. The fourth-order valence-electron chi connectivity index (χ4n) is 2.32. The lowest BCUT2D eigenvalue weighted by atomic mass is 10.1. The molecule has 0 N–H and O–H groups in total. The van der Waals surface area contributed by atoms with Crippen LogP contribution in [-0.2, 0) is 11.3 Å². The van der Waals surface area contributed by atoms with Crippen molar-refractivity contribution < 1.29 is 18.3 Å². The standard InChI is InChI=1S/C18H12ClFO4/c1-10-6-16-13(8-14(10)19)11(7-17(21)24-16)9-23-18(22)12-4-2-3-5-15(12)20/h2-8H,9H2,1H3. The van der Waals surface area contributed by atoms with Gasteiger partial charge in [-0.2, -0.15) is 0 Å². The molecular weight excluding hydrogens is 335 g/mol. The zero-order chi connectivity index (χ0) is 17.3. The van der Waals surface area contributed by atoms with Gasteiger partial charge < -0.3 is 9.15 Å². The van der Waals surface area contributed by atoms with Crippen LogP contribution in [0.1, 0.15) is 21.5 Å². The van der Waals surface area contributed by atoms with Crippen LogP contribution in [0.3, 0.4) is 0 Å². The van der Waals surface area contributed by atoms with E-state index in [1.807, 2.05) is 0 Å². The van der Waals surface area contributed by atoms with Crippen molar-refractivity contribution in [2.45, 2.75) is 13.5 Å². The van der Waals surface area contributed by atoms with Crippen molar-refractivity contribution in [1.82, 2.24) is 0 Å². The summed E-state index contributed by atoms with van der Waals surface area (Å²) in [4.78, 5) is 23.7. The third kappa shape index (κ3) is 3.16. The Bertz CT molecular complexity index is 994. The fraction of sp³-hybridized carbons (Fsp3) is 0.111. The third-order valence-electron chi connectivity index (χ3n) is 3.56. The van der Waals surface area contributed by atoms with Crippen molar-refractivity contribution in [3.63, 3.8) is 0 Å². The number of carbonyl (C=O) groups is 1. The molecule has 0 radical (unpaired) electrons. The minimum absolute atomic E-state index is 0.168. The molecule has 0 saturated carbocycles. The van der Waals surface area contributed by atoms with Crippen LogP contribution in [0.5, 0.6) is 0 Å². The number of hydrogen-bond acceptors (Lipinski definition) is 4. The molecule has 0 atom stereocenters. The smallest absolute Gasteiger partial charge is 0.341 e. The summed E-state index contributed by atoms with van der Waals surface area (Å²) in [5.74, 6) is -1.48. The molecule has 1 aromatic heterocycles. The van der Waals surface area contributed by atoms with Crippen LogP contribution in [-0.4, -0.2) is 5.97 Å². The minimum atomic E-state index is -0.812. The summed E-state index contributed by atoms with van der Waals surface area (Å²) in [7, 11) is 0. The number of aryl methyl sites for hydroxylation is 1. The second-order valence-corrected chi connectivity index (χ2v) is 5.65. The van der Waals surface area contributed by atoms with Crippen LogP contribution in [0.25, 0.3) is 11.0 Å². The highest BCUT2D eigenvalue weighted by Gasteiger charge is 2.14. The lowest BCUT2D eigenvalue weighted by Gasteiger charge is -2.09. The number of fused-ring (bicyclic) bond motifs is 1. The van der Waals surface area contributed by atoms with E-state index >= 15 is 0 Å². The summed E-state index contributed by atoms with van der Waals surface area (Å²) in [5, 5.41) is 1.06. The molecule has 3 aromatic rings. The quantitative estimate of drug-likeness (QED) is 0.525. The molecule has 0 aliphatic rings. The molecule has 1 heterocycles. The molecule has 24 heavy (non-hydrogen) atoms. The Labute approximate surface area is 141 Å². The lowest BCUT2D eigenvalue weighted by molar-refractivity contribution is 0.0468. The molecule has 0 aliphatic heterocycles. The number of hydrogen-bond donors (Lipinski definition) is 0. The SMILES string of the molecule is Cc1cc2oc(=O)cc(COC(=O)c3ccccc3F)c2cc1Cl. The Kier molecular flexibility index (Phi) is 4.36. The van der Waals surface area contributed by atoms with Crippen LogP contribution < -0.4 is 5.63 Å². The number of benzene rings is 2. The highest BCUT2D eigenvalue weighted by Crippen LogP contribution is 2.25. The summed E-state index contributed by atoms with van der Waals surface area (Å²) < 4.78 is 23.9. The normalized spacial score (nSPS) is 10.8. The molecule has 0 fully saturated rings.